The van der Waals surface area contributed by atoms with E-state index in [-0.39, 0.29) is 36.2 Å². The number of carbonyl (C=O) groups is 3. The number of alkyl carbamates (subject to hydrolysis) is 1. The second-order valence-corrected chi connectivity index (χ2v) is 6.73. The summed E-state index contributed by atoms with van der Waals surface area (Å²) < 4.78 is 9.88. The molecule has 2 atom stereocenters. The number of amides is 2. The molecule has 7 nitrogen and oxygen atoms in total. The lowest BCUT2D eigenvalue weighted by atomic mass is 10.2. The van der Waals surface area contributed by atoms with Crippen LogP contribution in [0.2, 0.25) is 0 Å². The first kappa shape index (κ1) is 20.8. The maximum Gasteiger partial charge on any atom is 0.410 e. The second kappa shape index (κ2) is 11.4. The van der Waals surface area contributed by atoms with Crippen LogP contribution in [0.25, 0.3) is 0 Å². The van der Waals surface area contributed by atoms with E-state index in [1.165, 1.54) is 30.8 Å². The van der Waals surface area contributed by atoms with Gasteiger partial charge < -0.3 is 19.7 Å². The summed E-state index contributed by atoms with van der Waals surface area (Å²) in [6, 6.07) is -0.194. The largest absolute Gasteiger partial charge is 0.445 e. The number of likely N-dealkylation sites (tertiary alicyclic amines) is 1. The molecule has 0 aromatic rings. The van der Waals surface area contributed by atoms with E-state index < -0.39 is 12.2 Å². The first-order valence-corrected chi connectivity index (χ1v) is 8.75. The predicted octanol–water partition coefficient (Wildman–Crippen LogP) is 2.50. The van der Waals surface area contributed by atoms with Crippen molar-refractivity contribution in [3.05, 3.63) is 37.5 Å². The molecule has 1 aliphatic rings. The standard InChI is InChI=1S/C17H24N2O5S/c1-4-9-23-16(21)18-8-6-7-14-11-15(25-13(3)20)12-19(14)17(22)24-10-5-2/h4-7,14-15H,1-2,8-12H2,3H3,(H,18,21)/b7-6+/t14-,15+/m1/s1. The van der Waals surface area contributed by atoms with Gasteiger partial charge in [0.2, 0.25) is 0 Å². The summed E-state index contributed by atoms with van der Waals surface area (Å²) in [5.41, 5.74) is 0. The van der Waals surface area contributed by atoms with Crippen molar-refractivity contribution in [2.45, 2.75) is 24.6 Å². The molecule has 138 valence electrons. The minimum Gasteiger partial charge on any atom is -0.445 e. The molecule has 1 fully saturated rings. The smallest absolute Gasteiger partial charge is 0.410 e. The molecule has 1 saturated heterocycles. The highest BCUT2D eigenvalue weighted by molar-refractivity contribution is 8.14. The van der Waals surface area contributed by atoms with Gasteiger partial charge in [0, 0.05) is 25.3 Å². The summed E-state index contributed by atoms with van der Waals surface area (Å²) in [6.45, 7) is 9.46. The molecule has 25 heavy (non-hydrogen) atoms. The predicted molar refractivity (Wildman–Crippen MR) is 97.4 cm³/mol. The molecule has 0 aromatic carbocycles. The van der Waals surface area contributed by atoms with Crippen LogP contribution < -0.4 is 5.32 Å². The third-order valence-corrected chi connectivity index (χ3v) is 4.26. The lowest BCUT2D eigenvalue weighted by Crippen LogP contribution is -2.35. The Bertz CT molecular complexity index is 535. The number of ether oxygens (including phenoxy) is 2. The topological polar surface area (TPSA) is 84.9 Å². The van der Waals surface area contributed by atoms with E-state index in [0.717, 1.165) is 0 Å². The average Bonchev–Trinajstić information content (AvgIpc) is 2.96. The molecule has 2 amide bonds. The lowest BCUT2D eigenvalue weighted by molar-refractivity contribution is -0.109. The molecule has 0 saturated carbocycles. The average molecular weight is 368 g/mol. The van der Waals surface area contributed by atoms with Crippen LogP contribution in [-0.2, 0) is 14.3 Å². The molecule has 0 aromatic heterocycles. The Kier molecular flexibility index (Phi) is 9.46. The minimum absolute atomic E-state index is 0.0145. The first-order valence-electron chi connectivity index (χ1n) is 7.87. The quantitative estimate of drug-likeness (QED) is 0.663. The van der Waals surface area contributed by atoms with Crippen LogP contribution in [-0.4, -0.2) is 59.8 Å². The van der Waals surface area contributed by atoms with E-state index >= 15 is 0 Å². The number of rotatable bonds is 8. The molecular weight excluding hydrogens is 344 g/mol. The Morgan fingerprint density at radius 1 is 1.24 bits per heavy atom. The van der Waals surface area contributed by atoms with Gasteiger partial charge in [0.1, 0.15) is 13.2 Å². The second-order valence-electron chi connectivity index (χ2n) is 5.25. The highest BCUT2D eigenvalue weighted by atomic mass is 32.2. The number of carbonyl (C=O) groups excluding carboxylic acids is 3. The molecule has 0 unspecified atom stereocenters. The fourth-order valence-electron chi connectivity index (χ4n) is 2.30. The van der Waals surface area contributed by atoms with Crippen molar-refractivity contribution in [3.63, 3.8) is 0 Å². The number of hydrogen-bond donors (Lipinski definition) is 1. The Hall–Kier alpha value is -2.22. The van der Waals surface area contributed by atoms with Gasteiger partial charge in [-0.3, -0.25) is 4.79 Å². The molecule has 1 N–H and O–H groups in total. The maximum atomic E-state index is 12.1. The third kappa shape index (κ3) is 7.93. The normalized spacial score (nSPS) is 19.5. The number of hydrogen-bond acceptors (Lipinski definition) is 6. The van der Waals surface area contributed by atoms with Gasteiger partial charge in [0.05, 0.1) is 6.04 Å². The summed E-state index contributed by atoms with van der Waals surface area (Å²) in [5.74, 6) is 0. The Morgan fingerprint density at radius 2 is 1.92 bits per heavy atom. The van der Waals surface area contributed by atoms with Crippen molar-refractivity contribution in [1.29, 1.82) is 0 Å². The van der Waals surface area contributed by atoms with E-state index in [4.69, 9.17) is 9.47 Å². The van der Waals surface area contributed by atoms with Crippen LogP contribution >= 0.6 is 11.8 Å². The minimum atomic E-state index is -0.539. The van der Waals surface area contributed by atoms with Crippen molar-refractivity contribution in [3.8, 4) is 0 Å². The van der Waals surface area contributed by atoms with Gasteiger partial charge in [-0.05, 0) is 6.42 Å². The van der Waals surface area contributed by atoms with E-state index in [9.17, 15) is 14.4 Å². The van der Waals surface area contributed by atoms with Gasteiger partial charge in [0.25, 0.3) is 0 Å². The Balaban J connectivity index is 2.58. The van der Waals surface area contributed by atoms with Crippen molar-refractivity contribution < 1.29 is 23.9 Å². The lowest BCUT2D eigenvalue weighted by Gasteiger charge is -2.21. The fourth-order valence-corrected chi connectivity index (χ4v) is 3.30. The summed E-state index contributed by atoms with van der Waals surface area (Å²) in [4.78, 5) is 36.3. The molecular formula is C17H24N2O5S. The van der Waals surface area contributed by atoms with Crippen LogP contribution in [0.15, 0.2) is 37.5 Å². The zero-order chi connectivity index (χ0) is 18.7. The zero-order valence-corrected chi connectivity index (χ0v) is 15.1. The fraction of sp³-hybridized carbons (Fsp3) is 0.471. The third-order valence-electron chi connectivity index (χ3n) is 3.25. The van der Waals surface area contributed by atoms with Gasteiger partial charge in [0.15, 0.2) is 5.12 Å². The molecule has 1 rings (SSSR count). The first-order chi connectivity index (χ1) is 12.0. The van der Waals surface area contributed by atoms with Gasteiger partial charge in [-0.25, -0.2) is 9.59 Å². The van der Waals surface area contributed by atoms with Gasteiger partial charge in [-0.1, -0.05) is 49.2 Å². The van der Waals surface area contributed by atoms with Crippen LogP contribution in [0.3, 0.4) is 0 Å². The number of nitrogens with zero attached hydrogens (tertiary/aromatic N) is 1. The van der Waals surface area contributed by atoms with Crippen molar-refractivity contribution in [1.82, 2.24) is 10.2 Å². The van der Waals surface area contributed by atoms with Crippen molar-refractivity contribution in [2.24, 2.45) is 0 Å². The van der Waals surface area contributed by atoms with Crippen molar-refractivity contribution >= 4 is 29.1 Å². The van der Waals surface area contributed by atoms with Crippen LogP contribution in [0.5, 0.6) is 0 Å². The SMILES string of the molecule is C=CCOC(=O)NC/C=C/[C@@H]1C[C@H](SC(C)=O)CN1C(=O)OCC=C. The Labute approximate surface area is 152 Å². The molecule has 0 spiro atoms. The Morgan fingerprint density at radius 3 is 2.56 bits per heavy atom. The summed E-state index contributed by atoms with van der Waals surface area (Å²) in [5, 5.41) is 2.60. The molecule has 1 aliphatic heterocycles. The molecule has 1 heterocycles. The van der Waals surface area contributed by atoms with Crippen LogP contribution in [0.1, 0.15) is 13.3 Å². The number of thioether (sulfide) groups is 1. The van der Waals surface area contributed by atoms with Crippen LogP contribution in [0, 0.1) is 0 Å². The van der Waals surface area contributed by atoms with Crippen LogP contribution in [0.4, 0.5) is 9.59 Å². The summed E-state index contributed by atoms with van der Waals surface area (Å²) >= 11 is 1.22. The monoisotopic (exact) mass is 368 g/mol. The van der Waals surface area contributed by atoms with E-state index in [1.54, 1.807) is 11.0 Å². The van der Waals surface area contributed by atoms with Gasteiger partial charge in [-0.2, -0.15) is 0 Å². The summed E-state index contributed by atoms with van der Waals surface area (Å²) in [6.07, 6.45) is 6.21. The van der Waals surface area contributed by atoms with E-state index in [0.29, 0.717) is 13.0 Å². The van der Waals surface area contributed by atoms with Gasteiger partial charge in [-0.15, -0.1) is 0 Å². The number of nitrogens with one attached hydrogen (secondary N) is 1. The highest BCUT2D eigenvalue weighted by Gasteiger charge is 2.35. The molecule has 0 radical (unpaired) electrons. The molecule has 0 bridgehead atoms. The van der Waals surface area contributed by atoms with Crippen molar-refractivity contribution in [2.75, 3.05) is 26.3 Å². The summed E-state index contributed by atoms with van der Waals surface area (Å²) in [7, 11) is 0. The zero-order valence-electron chi connectivity index (χ0n) is 14.3. The van der Waals surface area contributed by atoms with E-state index in [1.807, 2.05) is 6.08 Å². The van der Waals surface area contributed by atoms with Gasteiger partial charge >= 0.3 is 12.2 Å². The van der Waals surface area contributed by atoms with E-state index in [2.05, 4.69) is 18.5 Å². The molecule has 0 aliphatic carbocycles. The highest BCUT2D eigenvalue weighted by Crippen LogP contribution is 2.29. The maximum absolute atomic E-state index is 12.1. The molecule has 8 heteroatoms.